The minimum absolute atomic E-state index is 0.0125. The number of carbonyl (C=O) groups excluding carboxylic acids is 2. The van der Waals surface area contributed by atoms with Gasteiger partial charge in [-0.25, -0.2) is 8.42 Å². The summed E-state index contributed by atoms with van der Waals surface area (Å²) in [5.41, 5.74) is 1.73. The minimum Gasteiger partial charge on any atom is -0.495 e. The molecule has 0 saturated carbocycles. The molecule has 4 aromatic carbocycles. The number of sulfonamides is 1. The highest BCUT2D eigenvalue weighted by Crippen LogP contribution is 2.32. The summed E-state index contributed by atoms with van der Waals surface area (Å²) in [4.78, 5) is 29.7. The fraction of sp³-hybridized carbons (Fsp3) is 0.235. The molecule has 10 heteroatoms. The van der Waals surface area contributed by atoms with E-state index >= 15 is 0 Å². The molecule has 44 heavy (non-hydrogen) atoms. The van der Waals surface area contributed by atoms with Crippen molar-refractivity contribution in [3.05, 3.63) is 125 Å². The highest BCUT2D eigenvalue weighted by molar-refractivity contribution is 7.92. The van der Waals surface area contributed by atoms with E-state index in [0.29, 0.717) is 10.6 Å². The van der Waals surface area contributed by atoms with Crippen molar-refractivity contribution in [3.63, 3.8) is 0 Å². The molecule has 2 amide bonds. The number of para-hydroxylation sites is 2. The normalized spacial score (nSPS) is 11.9. The largest absolute Gasteiger partial charge is 0.495 e. The molecule has 0 aliphatic rings. The monoisotopic (exact) mass is 633 g/mol. The molecule has 0 aliphatic heterocycles. The lowest BCUT2D eigenvalue weighted by atomic mass is 10.0. The summed E-state index contributed by atoms with van der Waals surface area (Å²) in [6.45, 7) is 3.12. The molecule has 0 radical (unpaired) electrons. The number of halogens is 1. The smallest absolute Gasteiger partial charge is 0.264 e. The number of carbonyl (C=O) groups is 2. The van der Waals surface area contributed by atoms with Crippen molar-refractivity contribution >= 4 is 39.1 Å². The quantitative estimate of drug-likeness (QED) is 0.204. The maximum Gasteiger partial charge on any atom is 0.264 e. The van der Waals surface area contributed by atoms with Crippen molar-refractivity contribution in [2.24, 2.45) is 0 Å². The number of ether oxygens (including phenoxy) is 1. The molecule has 0 unspecified atom stereocenters. The Bertz CT molecular complexity index is 1670. The van der Waals surface area contributed by atoms with Crippen molar-refractivity contribution in [3.8, 4) is 5.75 Å². The van der Waals surface area contributed by atoms with Gasteiger partial charge in [-0.15, -0.1) is 0 Å². The van der Waals surface area contributed by atoms with Crippen molar-refractivity contribution in [1.29, 1.82) is 0 Å². The highest BCUT2D eigenvalue weighted by Gasteiger charge is 2.35. The average molecular weight is 634 g/mol. The molecule has 4 aromatic rings. The van der Waals surface area contributed by atoms with E-state index in [1.807, 2.05) is 50.2 Å². The second-order valence-corrected chi connectivity index (χ2v) is 12.8. The van der Waals surface area contributed by atoms with E-state index in [1.165, 1.54) is 24.1 Å². The first kappa shape index (κ1) is 32.6. The molecule has 0 heterocycles. The van der Waals surface area contributed by atoms with E-state index in [1.54, 1.807) is 60.7 Å². The summed E-state index contributed by atoms with van der Waals surface area (Å²) >= 11 is 6.29. The molecular formula is C34H36ClN3O5S. The van der Waals surface area contributed by atoms with Crippen LogP contribution in [0.1, 0.15) is 25.0 Å². The standard InChI is InChI=1S/C34H36ClN3O5S/c1-25(2)36-34(40)31(22-26-13-6-4-7-14-26)37(23-27-15-12-16-28(35)21-27)33(39)24-38(30-19-10-11-20-32(30)43-3)44(41,42)29-17-8-5-9-18-29/h4-21,25,31H,22-24H2,1-3H3,(H,36,40)/t31-/m0/s1. The second kappa shape index (κ2) is 14.9. The minimum atomic E-state index is -4.23. The first-order valence-electron chi connectivity index (χ1n) is 14.2. The predicted octanol–water partition coefficient (Wildman–Crippen LogP) is 5.71. The molecule has 1 N–H and O–H groups in total. The molecule has 0 aromatic heterocycles. The van der Waals surface area contributed by atoms with Crippen molar-refractivity contribution in [1.82, 2.24) is 10.2 Å². The van der Waals surface area contributed by atoms with Gasteiger partial charge in [-0.2, -0.15) is 0 Å². The molecular weight excluding hydrogens is 598 g/mol. The van der Waals surface area contributed by atoms with Crippen LogP contribution in [-0.4, -0.2) is 50.9 Å². The molecule has 0 aliphatic carbocycles. The fourth-order valence-electron chi connectivity index (χ4n) is 4.84. The number of nitrogens with zero attached hydrogens (tertiary/aromatic N) is 2. The van der Waals surface area contributed by atoms with Gasteiger partial charge in [0.2, 0.25) is 11.8 Å². The Kier molecular flexibility index (Phi) is 11.0. The maximum absolute atomic E-state index is 14.5. The van der Waals surface area contributed by atoms with Crippen LogP contribution in [-0.2, 0) is 32.6 Å². The number of hydrogen-bond acceptors (Lipinski definition) is 5. The summed E-state index contributed by atoms with van der Waals surface area (Å²) in [6.07, 6.45) is 0.214. The SMILES string of the molecule is COc1ccccc1N(CC(=O)N(Cc1cccc(Cl)c1)[C@@H](Cc1ccccc1)C(=O)NC(C)C)S(=O)(=O)c1ccccc1. The van der Waals surface area contributed by atoms with E-state index < -0.39 is 28.5 Å². The summed E-state index contributed by atoms with van der Waals surface area (Å²) < 4.78 is 34.8. The van der Waals surface area contributed by atoms with Gasteiger partial charge in [0, 0.05) is 24.0 Å². The van der Waals surface area contributed by atoms with Gasteiger partial charge >= 0.3 is 0 Å². The van der Waals surface area contributed by atoms with Crippen molar-refractivity contribution < 1.29 is 22.7 Å². The van der Waals surface area contributed by atoms with Gasteiger partial charge < -0.3 is 15.0 Å². The number of nitrogens with one attached hydrogen (secondary N) is 1. The topological polar surface area (TPSA) is 96.0 Å². The van der Waals surface area contributed by atoms with E-state index in [4.69, 9.17) is 16.3 Å². The number of anilines is 1. The van der Waals surface area contributed by atoms with Crippen LogP contribution in [0.5, 0.6) is 5.75 Å². The van der Waals surface area contributed by atoms with E-state index in [0.717, 1.165) is 9.87 Å². The van der Waals surface area contributed by atoms with Crippen LogP contribution in [0.15, 0.2) is 114 Å². The summed E-state index contributed by atoms with van der Waals surface area (Å²) in [5.74, 6) is -0.649. The zero-order valence-electron chi connectivity index (χ0n) is 24.9. The van der Waals surface area contributed by atoms with Crippen LogP contribution in [0.3, 0.4) is 0 Å². The first-order chi connectivity index (χ1) is 21.1. The molecule has 0 bridgehead atoms. The van der Waals surface area contributed by atoms with Crippen LogP contribution in [0, 0.1) is 0 Å². The lowest BCUT2D eigenvalue weighted by Crippen LogP contribution is -2.54. The summed E-state index contributed by atoms with van der Waals surface area (Å²) in [7, 11) is -2.80. The van der Waals surface area contributed by atoms with Crippen LogP contribution in [0.2, 0.25) is 5.02 Å². The average Bonchev–Trinajstić information content (AvgIpc) is 3.02. The van der Waals surface area contributed by atoms with Crippen molar-refractivity contribution in [2.45, 2.75) is 43.8 Å². The Hall–Kier alpha value is -4.34. The third kappa shape index (κ3) is 8.18. The van der Waals surface area contributed by atoms with Crippen LogP contribution in [0.25, 0.3) is 0 Å². The number of rotatable bonds is 13. The molecule has 0 fully saturated rings. The Balaban J connectivity index is 1.83. The van der Waals surface area contributed by atoms with E-state index in [9.17, 15) is 18.0 Å². The molecule has 230 valence electrons. The lowest BCUT2D eigenvalue weighted by molar-refractivity contribution is -0.140. The van der Waals surface area contributed by atoms with Gasteiger partial charge in [-0.05, 0) is 61.4 Å². The van der Waals surface area contributed by atoms with Crippen molar-refractivity contribution in [2.75, 3.05) is 18.0 Å². The lowest BCUT2D eigenvalue weighted by Gasteiger charge is -2.34. The van der Waals surface area contributed by atoms with Crippen LogP contribution < -0.4 is 14.4 Å². The third-order valence-corrected chi connectivity index (χ3v) is 8.92. The van der Waals surface area contributed by atoms with Crippen LogP contribution in [0.4, 0.5) is 5.69 Å². The number of amides is 2. The number of methoxy groups -OCH3 is 1. The molecule has 4 rings (SSSR count). The Morgan fingerprint density at radius 1 is 0.841 bits per heavy atom. The zero-order chi connectivity index (χ0) is 31.7. The van der Waals surface area contributed by atoms with Gasteiger partial charge in [0.05, 0.1) is 17.7 Å². The summed E-state index contributed by atoms with van der Waals surface area (Å²) in [5, 5.41) is 3.42. The Labute approximate surface area is 264 Å². The molecule has 8 nitrogen and oxygen atoms in total. The molecule has 0 saturated heterocycles. The molecule has 1 atom stereocenters. The highest BCUT2D eigenvalue weighted by atomic mass is 35.5. The maximum atomic E-state index is 14.5. The Morgan fingerprint density at radius 2 is 1.45 bits per heavy atom. The second-order valence-electron chi connectivity index (χ2n) is 10.5. The third-order valence-electron chi connectivity index (χ3n) is 6.91. The van der Waals surface area contributed by atoms with E-state index in [-0.39, 0.29) is 41.2 Å². The van der Waals surface area contributed by atoms with Gasteiger partial charge in [0.1, 0.15) is 18.3 Å². The van der Waals surface area contributed by atoms with Gasteiger partial charge in [0.25, 0.3) is 10.0 Å². The zero-order valence-corrected chi connectivity index (χ0v) is 26.5. The van der Waals surface area contributed by atoms with Gasteiger partial charge in [-0.3, -0.25) is 13.9 Å². The van der Waals surface area contributed by atoms with Crippen LogP contribution >= 0.6 is 11.6 Å². The molecule has 0 spiro atoms. The number of hydrogen-bond donors (Lipinski definition) is 1. The number of benzene rings is 4. The summed E-state index contributed by atoms with van der Waals surface area (Å²) in [6, 6.07) is 29.8. The first-order valence-corrected chi connectivity index (χ1v) is 16.0. The predicted molar refractivity (Wildman–Crippen MR) is 173 cm³/mol. The fourth-order valence-corrected chi connectivity index (χ4v) is 6.49. The van der Waals surface area contributed by atoms with Gasteiger partial charge in [0.15, 0.2) is 0 Å². The van der Waals surface area contributed by atoms with E-state index in [2.05, 4.69) is 5.32 Å². The Morgan fingerprint density at radius 3 is 2.09 bits per heavy atom. The van der Waals surface area contributed by atoms with Gasteiger partial charge in [-0.1, -0.05) is 84.4 Å².